The summed E-state index contributed by atoms with van der Waals surface area (Å²) in [5, 5.41) is 0. The first kappa shape index (κ1) is 19.9. The summed E-state index contributed by atoms with van der Waals surface area (Å²) in [5.41, 5.74) is 8.22. The first-order chi connectivity index (χ1) is 14.7. The van der Waals surface area contributed by atoms with Crippen LogP contribution in [0.4, 0.5) is 4.39 Å². The summed E-state index contributed by atoms with van der Waals surface area (Å²) in [6.07, 6.45) is 2.93. The van der Waals surface area contributed by atoms with Crippen LogP contribution in [0.1, 0.15) is 58.3 Å². The van der Waals surface area contributed by atoms with E-state index >= 15 is 0 Å². The van der Waals surface area contributed by atoms with Crippen molar-refractivity contribution < 1.29 is 13.6 Å². The van der Waals surface area contributed by atoms with E-state index in [9.17, 15) is 9.18 Å². The van der Waals surface area contributed by atoms with E-state index < -0.39 is 0 Å². The third-order valence-corrected chi connectivity index (χ3v) is 5.35. The number of nitrogens with zero attached hydrogens (tertiary/aromatic N) is 1. The Morgan fingerprint density at radius 3 is 2.80 bits per heavy atom. The van der Waals surface area contributed by atoms with Crippen molar-refractivity contribution >= 4 is 5.91 Å². The highest BCUT2D eigenvalue weighted by molar-refractivity contribution is 5.92. The van der Waals surface area contributed by atoms with Gasteiger partial charge in [0.25, 0.3) is 5.91 Å². The smallest absolute Gasteiger partial charge is 0.290 e. The Labute approximate surface area is 175 Å². The molecule has 2 aromatic carbocycles. The van der Waals surface area contributed by atoms with Crippen LogP contribution in [0, 0.1) is 17.7 Å². The highest BCUT2D eigenvalue weighted by Gasteiger charge is 2.30. The summed E-state index contributed by atoms with van der Waals surface area (Å²) in [5.74, 6) is 5.59. The van der Waals surface area contributed by atoms with Crippen molar-refractivity contribution in [2.45, 2.75) is 31.8 Å². The van der Waals surface area contributed by atoms with Crippen molar-refractivity contribution in [1.82, 2.24) is 4.90 Å². The lowest BCUT2D eigenvalue weighted by Gasteiger charge is -2.35. The van der Waals surface area contributed by atoms with Crippen LogP contribution < -0.4 is 5.73 Å². The predicted octanol–water partition coefficient (Wildman–Crippen LogP) is 4.64. The molecule has 1 saturated heterocycles. The molecule has 1 fully saturated rings. The van der Waals surface area contributed by atoms with Gasteiger partial charge in [0, 0.05) is 13.1 Å². The van der Waals surface area contributed by atoms with Crippen LogP contribution in [-0.4, -0.2) is 17.4 Å². The lowest BCUT2D eigenvalue weighted by atomic mass is 9.94. The minimum Gasteiger partial charge on any atom is -0.443 e. The highest BCUT2D eigenvalue weighted by Crippen LogP contribution is 2.32. The largest absolute Gasteiger partial charge is 0.443 e. The Bertz CT molecular complexity index is 1110. The maximum absolute atomic E-state index is 13.7. The number of carbonyl (C=O) groups is 1. The van der Waals surface area contributed by atoms with Crippen LogP contribution in [0.15, 0.2) is 65.1 Å². The molecule has 1 amide bonds. The van der Waals surface area contributed by atoms with Crippen LogP contribution in [-0.2, 0) is 6.54 Å². The third-order valence-electron chi connectivity index (χ3n) is 5.35. The molecule has 1 unspecified atom stereocenters. The number of hydrogen-bond donors (Lipinski definition) is 1. The van der Waals surface area contributed by atoms with Crippen LogP contribution in [0.2, 0.25) is 0 Å². The molecular weight excluding hydrogens is 379 g/mol. The highest BCUT2D eigenvalue weighted by atomic mass is 19.1. The quantitative estimate of drug-likeness (QED) is 0.649. The Kier molecular flexibility index (Phi) is 5.97. The zero-order valence-electron chi connectivity index (χ0n) is 16.6. The molecule has 3 aromatic rings. The van der Waals surface area contributed by atoms with Gasteiger partial charge in [-0.2, -0.15) is 0 Å². The summed E-state index contributed by atoms with van der Waals surface area (Å²) in [6.45, 7) is 1.14. The molecule has 0 bridgehead atoms. The van der Waals surface area contributed by atoms with E-state index in [1.54, 1.807) is 30.3 Å². The predicted molar refractivity (Wildman–Crippen MR) is 113 cm³/mol. The number of piperidine rings is 1. The van der Waals surface area contributed by atoms with Gasteiger partial charge in [-0.15, -0.1) is 0 Å². The summed E-state index contributed by atoms with van der Waals surface area (Å²) in [7, 11) is 0. The normalized spacial score (nSPS) is 16.1. The maximum atomic E-state index is 13.7. The molecule has 0 spiro atoms. The summed E-state index contributed by atoms with van der Waals surface area (Å²) >= 11 is 0. The van der Waals surface area contributed by atoms with Crippen LogP contribution >= 0.6 is 0 Å². The zero-order valence-corrected chi connectivity index (χ0v) is 16.6. The minimum atomic E-state index is -0.385. The van der Waals surface area contributed by atoms with E-state index in [1.165, 1.54) is 6.07 Å². The van der Waals surface area contributed by atoms with Gasteiger partial charge in [0.05, 0.1) is 11.6 Å². The van der Waals surface area contributed by atoms with Crippen LogP contribution in [0.25, 0.3) is 0 Å². The Balaban J connectivity index is 1.55. The minimum absolute atomic E-state index is 0.00389. The number of likely N-dealkylation sites (tertiary alicyclic amines) is 1. The standard InChI is InChI=1S/C25H23FN2O2/c26-22-9-2-1-7-19(22)11-12-21-13-14-24(30-21)25(29)28-15-4-3-10-23(28)20-8-5-6-18(16-20)17-27/h1-2,5-9,13-14,16,23H,3-4,10,15,17,27H2. The maximum Gasteiger partial charge on any atom is 0.290 e. The number of halogens is 1. The SMILES string of the molecule is NCc1cccc(C2CCCCN2C(=O)c2ccc(C#Cc3ccccc3F)o2)c1. The van der Waals surface area contributed by atoms with Crippen molar-refractivity contribution in [3.8, 4) is 11.8 Å². The lowest BCUT2D eigenvalue weighted by molar-refractivity contribution is 0.0578. The van der Waals surface area contributed by atoms with E-state index in [-0.39, 0.29) is 29.1 Å². The Morgan fingerprint density at radius 2 is 1.97 bits per heavy atom. The molecular formula is C25H23FN2O2. The van der Waals surface area contributed by atoms with Crippen molar-refractivity contribution in [1.29, 1.82) is 0 Å². The second-order valence-corrected chi connectivity index (χ2v) is 7.35. The fourth-order valence-electron chi connectivity index (χ4n) is 3.80. The summed E-state index contributed by atoms with van der Waals surface area (Å²) in [6, 6.07) is 17.7. The van der Waals surface area contributed by atoms with E-state index in [2.05, 4.69) is 17.9 Å². The third kappa shape index (κ3) is 4.29. The molecule has 30 heavy (non-hydrogen) atoms. The number of hydrogen-bond acceptors (Lipinski definition) is 3. The van der Waals surface area contributed by atoms with E-state index in [0.717, 1.165) is 30.4 Å². The average Bonchev–Trinajstić information content (AvgIpc) is 3.27. The van der Waals surface area contributed by atoms with Gasteiger partial charge in [-0.25, -0.2) is 4.39 Å². The molecule has 0 aliphatic carbocycles. The van der Waals surface area contributed by atoms with E-state index in [0.29, 0.717) is 18.8 Å². The number of benzene rings is 2. The van der Waals surface area contributed by atoms with Crippen molar-refractivity contribution in [3.63, 3.8) is 0 Å². The molecule has 0 saturated carbocycles. The fraction of sp³-hybridized carbons (Fsp3) is 0.240. The van der Waals surface area contributed by atoms with Gasteiger partial charge in [-0.1, -0.05) is 42.3 Å². The van der Waals surface area contributed by atoms with Crippen molar-refractivity contribution in [3.05, 3.63) is 94.7 Å². The van der Waals surface area contributed by atoms with Crippen molar-refractivity contribution in [2.24, 2.45) is 5.73 Å². The van der Waals surface area contributed by atoms with Gasteiger partial charge >= 0.3 is 0 Å². The molecule has 2 N–H and O–H groups in total. The molecule has 1 aliphatic rings. The van der Waals surface area contributed by atoms with E-state index in [1.807, 2.05) is 23.1 Å². The number of amides is 1. The fourth-order valence-corrected chi connectivity index (χ4v) is 3.80. The molecule has 1 atom stereocenters. The van der Waals surface area contributed by atoms with Gasteiger partial charge in [0.15, 0.2) is 11.5 Å². The molecule has 5 heteroatoms. The number of nitrogens with two attached hydrogens (primary N) is 1. The Hall–Kier alpha value is -3.36. The topological polar surface area (TPSA) is 59.5 Å². The molecule has 152 valence electrons. The number of carbonyl (C=O) groups excluding carboxylic acids is 1. The second kappa shape index (κ2) is 8.98. The van der Waals surface area contributed by atoms with Crippen molar-refractivity contribution in [2.75, 3.05) is 6.54 Å². The van der Waals surface area contributed by atoms with E-state index in [4.69, 9.17) is 10.2 Å². The van der Waals surface area contributed by atoms with Crippen LogP contribution in [0.5, 0.6) is 0 Å². The monoisotopic (exact) mass is 402 g/mol. The molecule has 1 aliphatic heterocycles. The molecule has 4 rings (SSSR count). The molecule has 1 aromatic heterocycles. The molecule has 4 nitrogen and oxygen atoms in total. The molecule has 0 radical (unpaired) electrons. The number of furan rings is 1. The van der Waals surface area contributed by atoms with Gasteiger partial charge in [-0.05, 0) is 60.6 Å². The van der Waals surface area contributed by atoms with Gasteiger partial charge in [0.1, 0.15) is 5.82 Å². The Morgan fingerprint density at radius 1 is 1.10 bits per heavy atom. The summed E-state index contributed by atoms with van der Waals surface area (Å²) < 4.78 is 19.4. The first-order valence-electron chi connectivity index (χ1n) is 10.1. The second-order valence-electron chi connectivity index (χ2n) is 7.35. The zero-order chi connectivity index (χ0) is 20.9. The lowest BCUT2D eigenvalue weighted by Crippen LogP contribution is -2.38. The average molecular weight is 402 g/mol. The number of rotatable bonds is 3. The van der Waals surface area contributed by atoms with Gasteiger partial charge in [-0.3, -0.25) is 4.79 Å². The summed E-state index contributed by atoms with van der Waals surface area (Å²) in [4.78, 5) is 15.0. The van der Waals surface area contributed by atoms with Gasteiger partial charge < -0.3 is 15.1 Å². The van der Waals surface area contributed by atoms with Gasteiger partial charge in [0.2, 0.25) is 0 Å². The van der Waals surface area contributed by atoms with Crippen LogP contribution in [0.3, 0.4) is 0 Å². The first-order valence-corrected chi connectivity index (χ1v) is 10.1. The molecule has 2 heterocycles.